The third-order valence-corrected chi connectivity index (χ3v) is 3.09. The number of hydrogen-bond donors (Lipinski definition) is 1. The van der Waals surface area contributed by atoms with Crippen LogP contribution in [0, 0.1) is 0 Å². The molecule has 0 spiro atoms. The second kappa shape index (κ2) is 5.18. The van der Waals surface area contributed by atoms with Gasteiger partial charge in [0.1, 0.15) is 5.75 Å². The molecule has 0 aromatic carbocycles. The summed E-state index contributed by atoms with van der Waals surface area (Å²) in [5, 5.41) is 14.0. The van der Waals surface area contributed by atoms with Crippen molar-refractivity contribution in [2.24, 2.45) is 0 Å². The molecule has 0 atom stereocenters. The summed E-state index contributed by atoms with van der Waals surface area (Å²) in [5.41, 5.74) is 0.320. The van der Waals surface area contributed by atoms with Crippen LogP contribution in [-0.2, 0) is 5.75 Å². The number of rotatable bonds is 4. The van der Waals surface area contributed by atoms with Crippen LogP contribution in [0.5, 0.6) is 5.75 Å². The fraction of sp³-hybridized carbons (Fsp3) is 0.364. The highest BCUT2D eigenvalue weighted by Crippen LogP contribution is 2.25. The van der Waals surface area contributed by atoms with Gasteiger partial charge in [0, 0.05) is 6.20 Å². The van der Waals surface area contributed by atoms with E-state index in [0.717, 1.165) is 0 Å². The van der Waals surface area contributed by atoms with E-state index in [9.17, 15) is 5.11 Å². The summed E-state index contributed by atoms with van der Waals surface area (Å²) in [5.74, 6) is 1.60. The van der Waals surface area contributed by atoms with E-state index in [-0.39, 0.29) is 11.6 Å². The molecule has 5 nitrogen and oxygen atoms in total. The van der Waals surface area contributed by atoms with Crippen LogP contribution in [0.15, 0.2) is 22.9 Å². The second-order valence-corrected chi connectivity index (χ2v) is 5.31. The third-order valence-electron chi connectivity index (χ3n) is 2.00. The molecule has 2 aromatic heterocycles. The zero-order valence-electron chi connectivity index (χ0n) is 9.62. The largest absolute Gasteiger partial charge is 0.505 e. The predicted molar refractivity (Wildman–Crippen MR) is 65.6 cm³/mol. The molecule has 2 heterocycles. The van der Waals surface area contributed by atoms with Crippen LogP contribution in [-0.4, -0.2) is 25.5 Å². The molecule has 0 bridgehead atoms. The Labute approximate surface area is 103 Å². The summed E-state index contributed by atoms with van der Waals surface area (Å²) in [4.78, 5) is 8.20. The van der Waals surface area contributed by atoms with Gasteiger partial charge in [0.05, 0.1) is 5.75 Å². The minimum absolute atomic E-state index is 0.0409. The Hall–Kier alpha value is -1.56. The van der Waals surface area contributed by atoms with Crippen molar-refractivity contribution in [2.75, 3.05) is 0 Å². The normalized spacial score (nSPS) is 11.0. The summed E-state index contributed by atoms with van der Waals surface area (Å²) in [7, 11) is 0. The van der Waals surface area contributed by atoms with Crippen molar-refractivity contribution in [3.63, 3.8) is 0 Å². The van der Waals surface area contributed by atoms with Crippen molar-refractivity contribution in [1.29, 1.82) is 0 Å². The van der Waals surface area contributed by atoms with Gasteiger partial charge in [0.15, 0.2) is 11.5 Å². The highest BCUT2D eigenvalue weighted by atomic mass is 32.2. The average Bonchev–Trinajstić information content (AvgIpc) is 2.75. The molecule has 6 heteroatoms. The van der Waals surface area contributed by atoms with E-state index in [2.05, 4.69) is 29.0 Å². The topological polar surface area (TPSA) is 72.0 Å². The molecule has 0 saturated carbocycles. The highest BCUT2D eigenvalue weighted by Gasteiger charge is 2.13. The summed E-state index contributed by atoms with van der Waals surface area (Å²) in [6, 6.07) is 3.18. The molecule has 0 aliphatic heterocycles. The van der Waals surface area contributed by atoms with Gasteiger partial charge in [0.25, 0.3) is 5.89 Å². The zero-order chi connectivity index (χ0) is 12.3. The number of hydrogen-bond acceptors (Lipinski definition) is 6. The van der Waals surface area contributed by atoms with E-state index in [4.69, 9.17) is 4.52 Å². The summed E-state index contributed by atoms with van der Waals surface area (Å²) < 4.78 is 5.07. The van der Waals surface area contributed by atoms with Crippen molar-refractivity contribution >= 4 is 11.8 Å². The van der Waals surface area contributed by atoms with Crippen LogP contribution in [0.25, 0.3) is 11.6 Å². The van der Waals surface area contributed by atoms with Crippen molar-refractivity contribution in [3.8, 4) is 17.3 Å². The lowest BCUT2D eigenvalue weighted by molar-refractivity contribution is 0.417. The SMILES string of the molecule is CC(C)SCc1noc(-c2ncccc2O)n1. The Kier molecular flexibility index (Phi) is 3.63. The summed E-state index contributed by atoms with van der Waals surface area (Å²) in [6.07, 6.45) is 1.57. The Morgan fingerprint density at radius 2 is 2.29 bits per heavy atom. The zero-order valence-corrected chi connectivity index (χ0v) is 10.4. The fourth-order valence-corrected chi connectivity index (χ4v) is 1.81. The quantitative estimate of drug-likeness (QED) is 0.900. The van der Waals surface area contributed by atoms with Gasteiger partial charge in [0.2, 0.25) is 0 Å². The first-order chi connectivity index (χ1) is 8.16. The van der Waals surface area contributed by atoms with Gasteiger partial charge in [-0.2, -0.15) is 16.7 Å². The van der Waals surface area contributed by atoms with Crippen LogP contribution in [0.1, 0.15) is 19.7 Å². The lowest BCUT2D eigenvalue weighted by atomic mass is 10.3. The molecule has 2 rings (SSSR count). The van der Waals surface area contributed by atoms with Crippen molar-refractivity contribution in [3.05, 3.63) is 24.2 Å². The number of pyridine rings is 1. The minimum atomic E-state index is 0.0409. The van der Waals surface area contributed by atoms with E-state index in [0.29, 0.717) is 22.5 Å². The molecule has 0 unspecified atom stereocenters. The first-order valence-electron chi connectivity index (χ1n) is 5.25. The molecule has 1 N–H and O–H groups in total. The third kappa shape index (κ3) is 2.97. The number of aromatic hydroxyl groups is 1. The van der Waals surface area contributed by atoms with Crippen LogP contribution in [0.4, 0.5) is 0 Å². The first-order valence-corrected chi connectivity index (χ1v) is 6.30. The molecule has 0 amide bonds. The smallest absolute Gasteiger partial charge is 0.280 e. The van der Waals surface area contributed by atoms with E-state index in [1.54, 1.807) is 24.0 Å². The fourth-order valence-electron chi connectivity index (χ4n) is 1.21. The van der Waals surface area contributed by atoms with E-state index in [1.165, 1.54) is 6.07 Å². The van der Waals surface area contributed by atoms with Crippen molar-refractivity contribution in [1.82, 2.24) is 15.1 Å². The maximum absolute atomic E-state index is 9.60. The molecule has 2 aromatic rings. The summed E-state index contributed by atoms with van der Waals surface area (Å²) >= 11 is 1.73. The van der Waals surface area contributed by atoms with E-state index >= 15 is 0 Å². The molecule has 0 radical (unpaired) electrons. The molecule has 0 aliphatic carbocycles. The second-order valence-electron chi connectivity index (χ2n) is 3.75. The number of aromatic nitrogens is 3. The highest BCUT2D eigenvalue weighted by molar-refractivity contribution is 7.99. The Balaban J connectivity index is 2.16. The van der Waals surface area contributed by atoms with Crippen molar-refractivity contribution < 1.29 is 9.63 Å². The molecule has 0 saturated heterocycles. The molecule has 0 fully saturated rings. The van der Waals surface area contributed by atoms with E-state index in [1.807, 2.05) is 0 Å². The van der Waals surface area contributed by atoms with Gasteiger partial charge < -0.3 is 9.63 Å². The lowest BCUT2D eigenvalue weighted by Gasteiger charge is -1.99. The number of thioether (sulfide) groups is 1. The van der Waals surface area contributed by atoms with Crippen LogP contribution in [0.3, 0.4) is 0 Å². The van der Waals surface area contributed by atoms with Crippen LogP contribution in [0.2, 0.25) is 0 Å². The maximum Gasteiger partial charge on any atom is 0.280 e. The molecular formula is C11H13N3O2S. The van der Waals surface area contributed by atoms with Gasteiger partial charge in [-0.15, -0.1) is 0 Å². The Morgan fingerprint density at radius 1 is 1.47 bits per heavy atom. The van der Waals surface area contributed by atoms with Gasteiger partial charge in [-0.25, -0.2) is 4.98 Å². The Bertz CT molecular complexity index is 499. The van der Waals surface area contributed by atoms with Crippen molar-refractivity contribution in [2.45, 2.75) is 24.9 Å². The molecule has 0 aliphatic rings. The summed E-state index contributed by atoms with van der Waals surface area (Å²) in [6.45, 7) is 4.21. The molecular weight excluding hydrogens is 238 g/mol. The van der Waals surface area contributed by atoms with Gasteiger partial charge in [-0.1, -0.05) is 19.0 Å². The minimum Gasteiger partial charge on any atom is -0.505 e. The average molecular weight is 251 g/mol. The van der Waals surface area contributed by atoms with Gasteiger partial charge in [-0.05, 0) is 17.4 Å². The van der Waals surface area contributed by atoms with Gasteiger partial charge >= 0.3 is 0 Å². The van der Waals surface area contributed by atoms with Crippen LogP contribution >= 0.6 is 11.8 Å². The monoisotopic (exact) mass is 251 g/mol. The molecule has 17 heavy (non-hydrogen) atoms. The predicted octanol–water partition coefficient (Wildman–Crippen LogP) is 2.48. The molecule has 90 valence electrons. The van der Waals surface area contributed by atoms with Crippen LogP contribution < -0.4 is 0 Å². The standard InChI is InChI=1S/C11H13N3O2S/c1-7(2)17-6-9-13-11(16-14-9)10-8(15)4-3-5-12-10/h3-5,7,15H,6H2,1-2H3. The number of nitrogens with zero attached hydrogens (tertiary/aromatic N) is 3. The first kappa shape index (κ1) is 11.9. The Morgan fingerprint density at radius 3 is 3.00 bits per heavy atom. The maximum atomic E-state index is 9.60. The van der Waals surface area contributed by atoms with Gasteiger partial charge in [-0.3, -0.25) is 0 Å². The lowest BCUT2D eigenvalue weighted by Crippen LogP contribution is -1.91. The van der Waals surface area contributed by atoms with E-state index < -0.39 is 0 Å².